The van der Waals surface area contributed by atoms with Crippen LogP contribution in [0.4, 0.5) is 0 Å². The fourth-order valence-electron chi connectivity index (χ4n) is 7.41. The molecule has 1 N–H and O–H groups in total. The van der Waals surface area contributed by atoms with Gasteiger partial charge in [-0.25, -0.2) is 19.2 Å². The van der Waals surface area contributed by atoms with E-state index >= 15 is 4.79 Å². The van der Waals surface area contributed by atoms with Crippen LogP contribution >= 0.6 is 0 Å². The summed E-state index contributed by atoms with van der Waals surface area (Å²) in [5.41, 5.74) is -9.06. The summed E-state index contributed by atoms with van der Waals surface area (Å²) in [5.74, 6) is -8.25. The lowest BCUT2D eigenvalue weighted by molar-refractivity contribution is -0.387. The standard InChI is InChI=1S/C48H74O13/c1-17-31(2)29-33(4)26-27-35(49)55-37-36(56-45(14,15)54-16)46(28-22-21-23-32(3)30-34-24-19-18-20-25-34)57-38(39(50)58-42(5,6)7)47(53,40(51)59-43(8,9)10)48(37,61-46)41(52)60-44(11,12)13/h18-21,23-27,31-33,36-38,53H,17,22,28-30H2,1-16H3/b23-21+,27-26+/t31?,32?,33?,36-,37-,38-,46-,47-,48-/m1/s1. The van der Waals surface area contributed by atoms with E-state index < -0.39 is 81.8 Å². The van der Waals surface area contributed by atoms with Crippen molar-refractivity contribution in [3.8, 4) is 0 Å². The number of carbonyl (C=O) groups excluding carboxylic acids is 4. The highest BCUT2D eigenvalue weighted by molar-refractivity contribution is 6.00. The molecule has 9 atom stereocenters. The van der Waals surface area contributed by atoms with Gasteiger partial charge in [-0.1, -0.05) is 82.7 Å². The highest BCUT2D eigenvalue weighted by Crippen LogP contribution is 2.58. The van der Waals surface area contributed by atoms with Crippen molar-refractivity contribution in [3.05, 3.63) is 60.2 Å². The number of allylic oxidation sites excluding steroid dienone is 3. The van der Waals surface area contributed by atoms with Gasteiger partial charge in [0, 0.05) is 19.6 Å². The zero-order valence-corrected chi connectivity index (χ0v) is 39.5. The van der Waals surface area contributed by atoms with Gasteiger partial charge in [-0.3, -0.25) is 0 Å². The molecule has 13 nitrogen and oxygen atoms in total. The van der Waals surface area contributed by atoms with E-state index in [9.17, 15) is 19.5 Å². The second kappa shape index (κ2) is 19.8. The van der Waals surface area contributed by atoms with Crippen LogP contribution in [0.15, 0.2) is 54.6 Å². The summed E-state index contributed by atoms with van der Waals surface area (Å²) < 4.78 is 49.5. The Morgan fingerprint density at radius 1 is 0.803 bits per heavy atom. The summed E-state index contributed by atoms with van der Waals surface area (Å²) in [7, 11) is 1.39. The molecule has 0 radical (unpaired) electrons. The third-order valence-corrected chi connectivity index (χ3v) is 10.4. The van der Waals surface area contributed by atoms with Gasteiger partial charge in [0.05, 0.1) is 0 Å². The Morgan fingerprint density at radius 2 is 1.38 bits per heavy atom. The van der Waals surface area contributed by atoms with E-state index in [1.165, 1.54) is 13.2 Å². The summed E-state index contributed by atoms with van der Waals surface area (Å²) in [5, 5.41) is 13.3. The Bertz CT molecular complexity index is 1710. The van der Waals surface area contributed by atoms with Gasteiger partial charge in [0.25, 0.3) is 5.60 Å². The molecule has 2 fully saturated rings. The molecule has 1 aromatic rings. The van der Waals surface area contributed by atoms with Gasteiger partial charge in [0.2, 0.25) is 17.5 Å². The lowest BCUT2D eigenvalue weighted by Crippen LogP contribution is -2.79. The highest BCUT2D eigenvalue weighted by Gasteiger charge is 2.87. The number of aliphatic hydroxyl groups is 1. The van der Waals surface area contributed by atoms with Gasteiger partial charge in [-0.05, 0) is 119 Å². The molecule has 1 aromatic carbocycles. The maximum atomic E-state index is 15.2. The van der Waals surface area contributed by atoms with Crippen molar-refractivity contribution in [1.29, 1.82) is 0 Å². The second-order valence-corrected chi connectivity index (χ2v) is 20.2. The predicted molar refractivity (Wildman–Crippen MR) is 230 cm³/mol. The first-order valence-corrected chi connectivity index (χ1v) is 21.6. The van der Waals surface area contributed by atoms with Crippen molar-refractivity contribution in [3.63, 3.8) is 0 Å². The topological polar surface area (TPSA) is 162 Å². The first kappa shape index (κ1) is 51.7. The van der Waals surface area contributed by atoms with Crippen molar-refractivity contribution in [2.75, 3.05) is 7.11 Å². The van der Waals surface area contributed by atoms with Crippen LogP contribution in [0.25, 0.3) is 0 Å². The maximum absolute atomic E-state index is 15.2. The zero-order valence-electron chi connectivity index (χ0n) is 39.5. The second-order valence-electron chi connectivity index (χ2n) is 20.2. The number of benzene rings is 1. The average Bonchev–Trinajstić information content (AvgIpc) is 3.35. The molecule has 0 amide bonds. The van der Waals surface area contributed by atoms with Gasteiger partial charge >= 0.3 is 23.9 Å². The molecule has 2 aliphatic heterocycles. The Labute approximate surface area is 364 Å². The molecule has 0 aliphatic carbocycles. The summed E-state index contributed by atoms with van der Waals surface area (Å²) in [6, 6.07) is 10.0. The van der Waals surface area contributed by atoms with E-state index in [4.69, 9.17) is 37.9 Å². The van der Waals surface area contributed by atoms with E-state index in [2.05, 4.69) is 20.8 Å². The molecule has 2 bridgehead atoms. The zero-order chi connectivity index (χ0) is 46.4. The smallest absolute Gasteiger partial charge is 0.347 e. The summed E-state index contributed by atoms with van der Waals surface area (Å²) in [6.45, 7) is 25.5. The molecule has 0 aromatic heterocycles. The normalized spacial score (nSPS) is 27.4. The number of hydrogen-bond acceptors (Lipinski definition) is 13. The monoisotopic (exact) mass is 859 g/mol. The van der Waals surface area contributed by atoms with Crippen LogP contribution in [-0.2, 0) is 63.5 Å². The Hall–Kier alpha value is -3.62. The van der Waals surface area contributed by atoms with Crippen molar-refractivity contribution in [2.24, 2.45) is 17.8 Å². The summed E-state index contributed by atoms with van der Waals surface area (Å²) >= 11 is 0. The van der Waals surface area contributed by atoms with Crippen molar-refractivity contribution in [2.45, 2.75) is 194 Å². The maximum Gasteiger partial charge on any atom is 0.347 e. The third-order valence-electron chi connectivity index (χ3n) is 10.4. The van der Waals surface area contributed by atoms with Gasteiger partial charge in [0.1, 0.15) is 16.8 Å². The molecule has 0 spiro atoms. The largest absolute Gasteiger partial charge is 0.458 e. The number of ether oxygens (including phenoxy) is 8. The van der Waals surface area contributed by atoms with E-state index in [0.29, 0.717) is 5.92 Å². The molecule has 13 heteroatoms. The number of hydrogen-bond donors (Lipinski definition) is 1. The van der Waals surface area contributed by atoms with Crippen molar-refractivity contribution < 1.29 is 62.2 Å². The number of rotatable bonds is 18. The van der Waals surface area contributed by atoms with Crippen molar-refractivity contribution in [1.82, 2.24) is 0 Å². The van der Waals surface area contributed by atoms with Gasteiger partial charge in [-0.2, -0.15) is 0 Å². The van der Waals surface area contributed by atoms with E-state index in [0.717, 1.165) is 24.8 Å². The minimum Gasteiger partial charge on any atom is -0.458 e. The lowest BCUT2D eigenvalue weighted by Gasteiger charge is -2.51. The first-order valence-electron chi connectivity index (χ1n) is 21.6. The van der Waals surface area contributed by atoms with Crippen LogP contribution in [0.2, 0.25) is 0 Å². The SMILES string of the molecule is CCC(C)CC(C)/C=C/C(=O)O[C@@H]1[C@@H](OC(C)(C)OC)[C@]2(CC/C=C/C(C)Cc3ccccc3)O[C@H](C(=O)OC(C)(C)C)[C@@](O)(C(=O)OC(C)(C)C)[C@@]1(C(=O)OC(C)(C)C)O2. The molecule has 2 saturated heterocycles. The van der Waals surface area contributed by atoms with Gasteiger partial charge in [-0.15, -0.1) is 0 Å². The minimum atomic E-state index is -3.41. The minimum absolute atomic E-state index is 0.0400. The van der Waals surface area contributed by atoms with E-state index in [1.54, 1.807) is 82.2 Å². The average molecular weight is 859 g/mol. The van der Waals surface area contributed by atoms with Gasteiger partial charge < -0.3 is 43.0 Å². The number of fused-ring (bicyclic) bond motifs is 2. The molecule has 2 heterocycles. The Balaban J connectivity index is 2.41. The number of esters is 4. The van der Waals surface area contributed by atoms with Gasteiger partial charge in [0.15, 0.2) is 18.0 Å². The Morgan fingerprint density at radius 3 is 1.92 bits per heavy atom. The quantitative estimate of drug-likeness (QED) is 0.0496. The molecule has 3 unspecified atom stereocenters. The molecular formula is C48H74O13. The lowest BCUT2D eigenvalue weighted by atomic mass is 9.74. The predicted octanol–water partition coefficient (Wildman–Crippen LogP) is 8.13. The summed E-state index contributed by atoms with van der Waals surface area (Å²) in [6.07, 6.45) is 3.39. The fourth-order valence-corrected chi connectivity index (χ4v) is 7.41. The van der Waals surface area contributed by atoms with Crippen LogP contribution in [0.1, 0.15) is 135 Å². The molecule has 3 rings (SSSR count). The van der Waals surface area contributed by atoms with Crippen LogP contribution in [0.3, 0.4) is 0 Å². The van der Waals surface area contributed by atoms with Crippen LogP contribution in [-0.4, -0.2) is 94.0 Å². The number of methoxy groups -OCH3 is 1. The fraction of sp³-hybridized carbons (Fsp3) is 0.708. The highest BCUT2D eigenvalue weighted by atomic mass is 16.8. The molecular weight excluding hydrogens is 785 g/mol. The van der Waals surface area contributed by atoms with Crippen LogP contribution in [0, 0.1) is 17.8 Å². The number of carbonyl (C=O) groups is 4. The van der Waals surface area contributed by atoms with Crippen LogP contribution in [0.5, 0.6) is 0 Å². The molecule has 2 aliphatic rings. The molecule has 344 valence electrons. The van der Waals surface area contributed by atoms with Crippen molar-refractivity contribution >= 4 is 23.9 Å². The van der Waals surface area contributed by atoms with Crippen LogP contribution < -0.4 is 0 Å². The molecule has 0 saturated carbocycles. The third kappa shape index (κ3) is 13.2. The molecule has 61 heavy (non-hydrogen) atoms. The first-order chi connectivity index (χ1) is 27.9. The van der Waals surface area contributed by atoms with E-state index in [1.807, 2.05) is 49.4 Å². The van der Waals surface area contributed by atoms with E-state index in [-0.39, 0.29) is 24.7 Å². The Kier molecular flexibility index (Phi) is 16.8. The summed E-state index contributed by atoms with van der Waals surface area (Å²) in [4.78, 5) is 58.7.